The van der Waals surface area contributed by atoms with Crippen molar-refractivity contribution in [3.63, 3.8) is 0 Å². The third-order valence-corrected chi connectivity index (χ3v) is 13.7. The number of nitrogens with zero attached hydrogens (tertiary/aromatic N) is 4. The number of hydrogen-bond acceptors (Lipinski definition) is 14. The van der Waals surface area contributed by atoms with Crippen LogP contribution < -0.4 is 29.6 Å². The highest BCUT2D eigenvalue weighted by molar-refractivity contribution is 8.00. The molecule has 2 saturated heterocycles. The Balaban J connectivity index is 0.912. The highest BCUT2D eigenvalue weighted by Crippen LogP contribution is 2.38. The van der Waals surface area contributed by atoms with Gasteiger partial charge in [0.15, 0.2) is 11.5 Å². The number of aromatic nitrogens is 4. The average Bonchev–Trinajstić information content (AvgIpc) is 4.20. The lowest BCUT2D eigenvalue weighted by Gasteiger charge is -2.14. The van der Waals surface area contributed by atoms with E-state index in [4.69, 9.17) is 18.9 Å². The zero-order valence-electron chi connectivity index (χ0n) is 35.0. The molecule has 330 valence electrons. The van der Waals surface area contributed by atoms with Crippen molar-refractivity contribution in [1.82, 2.24) is 29.7 Å². The molecule has 66 heavy (non-hydrogen) atoms. The molecule has 2 fully saturated rings. The van der Waals surface area contributed by atoms with E-state index in [-0.39, 0.29) is 47.3 Å². The molecule has 2 aliphatic rings. The van der Waals surface area contributed by atoms with Gasteiger partial charge in [-0.15, -0.1) is 23.5 Å². The first-order valence-corrected chi connectivity index (χ1v) is 23.2. The lowest BCUT2D eigenvalue weighted by molar-refractivity contribution is -0.156. The van der Waals surface area contributed by atoms with E-state index >= 15 is 0 Å². The molecule has 4 aromatic carbocycles. The summed E-state index contributed by atoms with van der Waals surface area (Å²) in [6.07, 6.45) is 9.70. The van der Waals surface area contributed by atoms with Crippen LogP contribution in [0, 0.1) is 0 Å². The van der Waals surface area contributed by atoms with Crippen molar-refractivity contribution in [1.29, 1.82) is 0 Å². The van der Waals surface area contributed by atoms with Gasteiger partial charge in [-0.05, 0) is 58.7 Å². The van der Waals surface area contributed by atoms with Crippen LogP contribution in [0.25, 0.3) is 21.8 Å². The maximum Gasteiger partial charge on any atom is 0.423 e. The van der Waals surface area contributed by atoms with Gasteiger partial charge in [-0.3, -0.25) is 39.3 Å². The molecule has 16 heteroatoms. The quantitative estimate of drug-likeness (QED) is 0.0891. The maximum atomic E-state index is 14.3. The second kappa shape index (κ2) is 19.1. The predicted octanol–water partition coefficient (Wildman–Crippen LogP) is 8.14. The third-order valence-electron chi connectivity index (χ3n) is 11.2. The number of thioether (sulfide) groups is 2. The molecule has 0 aliphatic carbocycles. The van der Waals surface area contributed by atoms with Crippen LogP contribution in [0.3, 0.4) is 0 Å². The fourth-order valence-corrected chi connectivity index (χ4v) is 10.3. The minimum absolute atomic E-state index is 0.0323. The lowest BCUT2D eigenvalue weighted by atomic mass is 10.2. The summed E-state index contributed by atoms with van der Waals surface area (Å²) >= 11 is 3.16. The number of esters is 2. The summed E-state index contributed by atoms with van der Waals surface area (Å²) in [6, 6.07) is 35.9. The molecule has 10 rings (SSSR count). The summed E-state index contributed by atoms with van der Waals surface area (Å²) in [4.78, 5) is 64.4. The smallest absolute Gasteiger partial charge is 0.423 e. The van der Waals surface area contributed by atoms with Crippen molar-refractivity contribution in [2.24, 2.45) is 0 Å². The molecule has 8 aromatic rings. The Hall–Kier alpha value is -7.24. The molecular weight excluding hydrogens is 877 g/mol. The molecule has 2 N–H and O–H groups in total. The Morgan fingerprint density at radius 1 is 0.561 bits per heavy atom. The Kier molecular flexibility index (Phi) is 12.3. The first-order chi connectivity index (χ1) is 32.3. The zero-order chi connectivity index (χ0) is 45.0. The van der Waals surface area contributed by atoms with Crippen molar-refractivity contribution in [3.05, 3.63) is 181 Å². The van der Waals surface area contributed by atoms with Gasteiger partial charge < -0.3 is 18.9 Å². The van der Waals surface area contributed by atoms with Crippen molar-refractivity contribution in [3.8, 4) is 23.0 Å². The van der Waals surface area contributed by atoms with Crippen molar-refractivity contribution in [2.75, 3.05) is 11.5 Å². The molecule has 0 amide bonds. The molecule has 2 aliphatic heterocycles. The molecule has 4 atom stereocenters. The van der Waals surface area contributed by atoms with Gasteiger partial charge in [-0.1, -0.05) is 72.8 Å². The second-order valence-electron chi connectivity index (χ2n) is 15.5. The van der Waals surface area contributed by atoms with E-state index in [1.165, 1.54) is 21.5 Å². The van der Waals surface area contributed by atoms with Gasteiger partial charge in [0.1, 0.15) is 24.7 Å². The molecule has 14 nitrogen and oxygen atoms in total. The van der Waals surface area contributed by atoms with Crippen LogP contribution in [-0.2, 0) is 22.8 Å². The van der Waals surface area contributed by atoms with Gasteiger partial charge in [0.05, 0.1) is 46.3 Å². The Morgan fingerprint density at radius 2 is 1.00 bits per heavy atom. The minimum atomic E-state index is -1.33. The van der Waals surface area contributed by atoms with Crippen molar-refractivity contribution in [2.45, 2.75) is 36.0 Å². The topological polar surface area (TPSA) is 165 Å². The average molecular weight is 917 g/mol. The van der Waals surface area contributed by atoms with Crippen LogP contribution in [0.2, 0.25) is 0 Å². The van der Waals surface area contributed by atoms with Gasteiger partial charge >= 0.3 is 11.9 Å². The van der Waals surface area contributed by atoms with E-state index in [1.807, 2.05) is 84.9 Å². The predicted molar refractivity (Wildman–Crippen MR) is 251 cm³/mol. The fraction of sp³-hybridized carbons (Fsp3) is 0.160. The highest BCUT2D eigenvalue weighted by atomic mass is 32.2. The lowest BCUT2D eigenvalue weighted by Crippen LogP contribution is -2.37. The standard InChI is InChI=1S/C50H40N6O8S2/c57-47(39-29-65-45(53-39)33-13-7-19-51-23-33)55-25-43(37-17-15-35(21-41(37)55)61-27-31-9-3-1-4-10-31)63-49(59)50(60)64-44-26-56(48(58)40-30-66-46(54-40)34-14-8-20-52-24-34)42-22-36(16-18-38(42)44)62-28-32-11-5-2-6-12-32/h1-26,39-40,45-46,53-54H,27-30H2. The zero-order valence-corrected chi connectivity index (χ0v) is 36.7. The summed E-state index contributed by atoms with van der Waals surface area (Å²) in [7, 11) is 0. The Bertz CT molecular complexity index is 2850. The summed E-state index contributed by atoms with van der Waals surface area (Å²) in [5.74, 6) is -1.41. The van der Waals surface area contributed by atoms with E-state index in [0.717, 1.165) is 22.3 Å². The van der Waals surface area contributed by atoms with Gasteiger partial charge in [0.2, 0.25) is 11.8 Å². The number of benzene rings is 4. The normalized spacial score (nSPS) is 18.0. The van der Waals surface area contributed by atoms with Crippen LogP contribution in [0.5, 0.6) is 23.0 Å². The monoisotopic (exact) mass is 916 g/mol. The molecule has 0 bridgehead atoms. The van der Waals surface area contributed by atoms with E-state index < -0.39 is 24.0 Å². The first kappa shape index (κ1) is 42.7. The minimum Gasteiger partial charge on any atom is -0.489 e. The number of hydrogen-bond donors (Lipinski definition) is 2. The number of ether oxygens (including phenoxy) is 4. The van der Waals surface area contributed by atoms with Crippen LogP contribution in [0.4, 0.5) is 0 Å². The molecular formula is C50H40N6O8S2. The Morgan fingerprint density at radius 3 is 1.41 bits per heavy atom. The molecule has 6 heterocycles. The number of fused-ring (bicyclic) bond motifs is 2. The van der Waals surface area contributed by atoms with E-state index in [0.29, 0.717) is 44.8 Å². The maximum absolute atomic E-state index is 14.3. The summed E-state index contributed by atoms with van der Waals surface area (Å²) < 4.78 is 26.5. The SMILES string of the molecule is O=C(Oc1cn(C(=O)C2CSC(c3cccnc3)N2)c2cc(OCc3ccccc3)ccc12)C(=O)Oc1cn(C(=O)C2CSC(c3cccnc3)N2)c2cc(OCc3ccccc3)ccc12. The van der Waals surface area contributed by atoms with Gasteiger partial charge in [-0.25, -0.2) is 9.59 Å². The van der Waals surface area contributed by atoms with Crippen molar-refractivity contribution < 1.29 is 38.1 Å². The molecule has 4 unspecified atom stereocenters. The summed E-state index contributed by atoms with van der Waals surface area (Å²) in [5, 5.41) is 7.26. The van der Waals surface area contributed by atoms with E-state index in [9.17, 15) is 19.2 Å². The third kappa shape index (κ3) is 9.17. The van der Waals surface area contributed by atoms with Crippen LogP contribution in [0.15, 0.2) is 159 Å². The molecule has 0 spiro atoms. The van der Waals surface area contributed by atoms with Crippen LogP contribution in [0.1, 0.15) is 42.6 Å². The summed E-state index contributed by atoms with van der Waals surface area (Å²) in [5.41, 5.74) is 4.61. The number of pyridine rings is 2. The highest BCUT2D eigenvalue weighted by Gasteiger charge is 2.35. The second-order valence-corrected chi connectivity index (χ2v) is 17.8. The number of carbonyl (C=O) groups is 4. The molecule has 4 aromatic heterocycles. The van der Waals surface area contributed by atoms with Gasteiger partial charge in [-0.2, -0.15) is 0 Å². The van der Waals surface area contributed by atoms with Gasteiger partial charge in [0.25, 0.3) is 0 Å². The number of carbonyl (C=O) groups excluding carboxylic acids is 4. The fourth-order valence-electron chi connectivity index (χ4n) is 7.83. The van der Waals surface area contributed by atoms with E-state index in [2.05, 4.69) is 20.6 Å². The first-order valence-electron chi connectivity index (χ1n) is 21.1. The van der Waals surface area contributed by atoms with Crippen LogP contribution >= 0.6 is 23.5 Å². The Labute approximate surface area is 386 Å². The van der Waals surface area contributed by atoms with Crippen LogP contribution in [-0.4, -0.2) is 66.4 Å². The summed E-state index contributed by atoms with van der Waals surface area (Å²) in [6.45, 7) is 0.572. The largest absolute Gasteiger partial charge is 0.489 e. The molecule has 0 radical (unpaired) electrons. The van der Waals surface area contributed by atoms with Gasteiger partial charge in [0, 0.05) is 59.2 Å². The number of rotatable bonds is 12. The number of nitrogens with one attached hydrogen (secondary N) is 2. The van der Waals surface area contributed by atoms with Crippen molar-refractivity contribution >= 4 is 69.1 Å². The van der Waals surface area contributed by atoms with E-state index in [1.54, 1.807) is 84.7 Å². The molecule has 0 saturated carbocycles.